The Labute approximate surface area is 110 Å². The van der Waals surface area contributed by atoms with Crippen LogP contribution in [0.2, 0.25) is 0 Å². The van der Waals surface area contributed by atoms with Crippen LogP contribution in [-0.2, 0) is 24.8 Å². The van der Waals surface area contributed by atoms with Gasteiger partial charge in [-0.15, -0.1) is 0 Å². The second-order valence-corrected chi connectivity index (χ2v) is 4.70. The lowest BCUT2D eigenvalue weighted by Crippen LogP contribution is -2.43. The molecule has 0 saturated carbocycles. The summed E-state index contributed by atoms with van der Waals surface area (Å²) in [6.07, 6.45) is -0.354. The van der Waals surface area contributed by atoms with Crippen LogP contribution < -0.4 is 0 Å². The van der Waals surface area contributed by atoms with E-state index in [4.69, 9.17) is 14.2 Å². The number of benzene rings is 1. The van der Waals surface area contributed by atoms with E-state index in [0.717, 1.165) is 0 Å². The number of carbonyl (C=O) groups excluding carboxylic acids is 2. The number of hydrogen-bond donors (Lipinski definition) is 0. The number of carbonyl (C=O) groups is 2. The Bertz CT molecular complexity index is 553. The summed E-state index contributed by atoms with van der Waals surface area (Å²) < 4.78 is 16.0. The van der Waals surface area contributed by atoms with Gasteiger partial charge in [-0.3, -0.25) is 9.59 Å². The third kappa shape index (κ3) is 1.49. The quantitative estimate of drug-likeness (QED) is 0.751. The topological polar surface area (TPSA) is 61.8 Å². The Morgan fingerprint density at radius 1 is 1.37 bits per heavy atom. The van der Waals surface area contributed by atoms with Gasteiger partial charge in [-0.25, -0.2) is 0 Å². The molecule has 2 aliphatic heterocycles. The van der Waals surface area contributed by atoms with Gasteiger partial charge in [0.15, 0.2) is 5.78 Å². The Hall–Kier alpha value is -1.72. The smallest absolute Gasteiger partial charge is 0.314 e. The van der Waals surface area contributed by atoms with Gasteiger partial charge in [0.2, 0.25) is 5.79 Å². The minimum atomic E-state index is -1.21. The third-order valence-corrected chi connectivity index (χ3v) is 3.88. The van der Waals surface area contributed by atoms with Crippen LogP contribution in [0.25, 0.3) is 0 Å². The minimum absolute atomic E-state index is 0.102. The summed E-state index contributed by atoms with van der Waals surface area (Å²) in [5, 5.41) is 0. The van der Waals surface area contributed by atoms with Gasteiger partial charge in [-0.05, 0) is 0 Å². The molecule has 1 fully saturated rings. The van der Waals surface area contributed by atoms with E-state index in [1.807, 2.05) is 0 Å². The fourth-order valence-corrected chi connectivity index (χ4v) is 2.99. The van der Waals surface area contributed by atoms with E-state index in [9.17, 15) is 9.59 Å². The van der Waals surface area contributed by atoms with E-state index in [1.54, 1.807) is 24.3 Å². The lowest BCUT2D eigenvalue weighted by Gasteiger charge is -2.35. The van der Waals surface area contributed by atoms with Crippen molar-refractivity contribution in [3.63, 3.8) is 0 Å². The number of hydrogen-bond acceptors (Lipinski definition) is 5. The molecule has 0 unspecified atom stereocenters. The number of ether oxygens (including phenoxy) is 3. The molecule has 2 aliphatic rings. The number of esters is 1. The molecule has 2 bridgehead atoms. The molecule has 0 radical (unpaired) electrons. The number of ketones is 1. The molecule has 5 nitrogen and oxygen atoms in total. The largest absolute Gasteiger partial charge is 0.469 e. The predicted octanol–water partition coefficient (Wildman–Crippen LogP) is 1.26. The lowest BCUT2D eigenvalue weighted by molar-refractivity contribution is -0.240. The Morgan fingerprint density at radius 3 is 2.79 bits per heavy atom. The van der Waals surface area contributed by atoms with Crippen molar-refractivity contribution in [3.05, 3.63) is 35.4 Å². The highest BCUT2D eigenvalue weighted by molar-refractivity contribution is 6.03. The third-order valence-electron chi connectivity index (χ3n) is 3.88. The molecule has 100 valence electrons. The number of methoxy groups -OCH3 is 2. The number of Topliss-reactive ketones (excluding diaryl/α,β-unsaturated/α-hetero) is 1. The summed E-state index contributed by atoms with van der Waals surface area (Å²) in [5.74, 6) is -2.36. The van der Waals surface area contributed by atoms with E-state index in [-0.39, 0.29) is 12.2 Å². The van der Waals surface area contributed by atoms with Crippen molar-refractivity contribution in [2.75, 3.05) is 14.2 Å². The summed E-state index contributed by atoms with van der Waals surface area (Å²) in [7, 11) is 2.80. The standard InChI is InChI=1S/C14H14O5/c1-17-13(16)10-7-11-12(15)8-5-3-4-6-9(8)14(10,18-2)19-11/h3-6,10-11H,7H2,1-2H3/t10-,11+,14+/m0/s1. The van der Waals surface area contributed by atoms with Gasteiger partial charge in [0.05, 0.1) is 7.11 Å². The molecule has 3 rings (SSSR count). The number of fused-ring (bicyclic) bond motifs is 4. The monoisotopic (exact) mass is 262 g/mol. The van der Waals surface area contributed by atoms with Crippen LogP contribution in [0.15, 0.2) is 24.3 Å². The maximum atomic E-state index is 12.3. The summed E-state index contributed by atoms with van der Waals surface area (Å²) >= 11 is 0. The van der Waals surface area contributed by atoms with Gasteiger partial charge in [0.25, 0.3) is 0 Å². The molecule has 5 heteroatoms. The van der Waals surface area contributed by atoms with Crippen LogP contribution in [0.1, 0.15) is 22.3 Å². The summed E-state index contributed by atoms with van der Waals surface area (Å²) in [5.41, 5.74) is 1.17. The fraction of sp³-hybridized carbons (Fsp3) is 0.429. The van der Waals surface area contributed by atoms with E-state index < -0.39 is 23.8 Å². The zero-order valence-corrected chi connectivity index (χ0v) is 10.7. The highest BCUT2D eigenvalue weighted by Crippen LogP contribution is 2.50. The van der Waals surface area contributed by atoms with Crippen molar-refractivity contribution >= 4 is 11.8 Å². The maximum absolute atomic E-state index is 12.3. The molecule has 0 aliphatic carbocycles. The molecular formula is C14H14O5. The van der Waals surface area contributed by atoms with E-state index in [2.05, 4.69) is 0 Å². The van der Waals surface area contributed by atoms with Gasteiger partial charge >= 0.3 is 5.97 Å². The predicted molar refractivity (Wildman–Crippen MR) is 64.5 cm³/mol. The van der Waals surface area contributed by atoms with Crippen molar-refractivity contribution in [1.82, 2.24) is 0 Å². The van der Waals surface area contributed by atoms with Gasteiger partial charge in [-0.1, -0.05) is 24.3 Å². The van der Waals surface area contributed by atoms with Crippen molar-refractivity contribution in [2.24, 2.45) is 5.92 Å². The molecule has 0 N–H and O–H groups in total. The Balaban J connectivity index is 2.19. The summed E-state index contributed by atoms with van der Waals surface area (Å²) in [4.78, 5) is 24.2. The molecule has 2 heterocycles. The van der Waals surface area contributed by atoms with Gasteiger partial charge in [-0.2, -0.15) is 0 Å². The van der Waals surface area contributed by atoms with E-state index >= 15 is 0 Å². The molecule has 0 aromatic heterocycles. The van der Waals surface area contributed by atoms with Crippen molar-refractivity contribution in [1.29, 1.82) is 0 Å². The van der Waals surface area contributed by atoms with Crippen LogP contribution in [0.3, 0.4) is 0 Å². The second kappa shape index (κ2) is 4.15. The van der Waals surface area contributed by atoms with Crippen LogP contribution in [0.5, 0.6) is 0 Å². The van der Waals surface area contributed by atoms with Gasteiger partial charge < -0.3 is 14.2 Å². The minimum Gasteiger partial charge on any atom is -0.469 e. The molecule has 1 saturated heterocycles. The van der Waals surface area contributed by atoms with E-state index in [1.165, 1.54) is 14.2 Å². The Morgan fingerprint density at radius 2 is 2.11 bits per heavy atom. The van der Waals surface area contributed by atoms with Crippen molar-refractivity contribution < 1.29 is 23.8 Å². The summed E-state index contributed by atoms with van der Waals surface area (Å²) in [6, 6.07) is 7.08. The number of rotatable bonds is 2. The van der Waals surface area contributed by atoms with E-state index in [0.29, 0.717) is 11.1 Å². The molecule has 1 aromatic rings. The molecule has 19 heavy (non-hydrogen) atoms. The average molecular weight is 262 g/mol. The molecular weight excluding hydrogens is 248 g/mol. The molecule has 3 atom stereocenters. The van der Waals surface area contributed by atoms with Gasteiger partial charge in [0.1, 0.15) is 12.0 Å². The Kier molecular flexibility index (Phi) is 2.69. The summed E-state index contributed by atoms with van der Waals surface area (Å²) in [6.45, 7) is 0. The fourth-order valence-electron chi connectivity index (χ4n) is 2.99. The van der Waals surface area contributed by atoms with Crippen LogP contribution >= 0.6 is 0 Å². The van der Waals surface area contributed by atoms with Gasteiger partial charge in [0, 0.05) is 24.7 Å². The van der Waals surface area contributed by atoms with Crippen molar-refractivity contribution in [3.8, 4) is 0 Å². The molecule has 0 spiro atoms. The zero-order valence-electron chi connectivity index (χ0n) is 10.7. The van der Waals surface area contributed by atoms with Crippen molar-refractivity contribution in [2.45, 2.75) is 18.3 Å². The highest BCUT2D eigenvalue weighted by atomic mass is 16.7. The van der Waals surface area contributed by atoms with Crippen LogP contribution in [0, 0.1) is 5.92 Å². The first kappa shape index (κ1) is 12.3. The highest BCUT2D eigenvalue weighted by Gasteiger charge is 2.60. The molecule has 0 amide bonds. The SMILES string of the molecule is COC(=O)[C@@H]1C[C@H]2O[C@]1(OC)c1ccccc1C2=O. The second-order valence-electron chi connectivity index (χ2n) is 4.70. The first-order valence-electron chi connectivity index (χ1n) is 6.08. The average Bonchev–Trinajstić information content (AvgIpc) is 2.82. The normalized spacial score (nSPS) is 32.0. The maximum Gasteiger partial charge on any atom is 0.314 e. The lowest BCUT2D eigenvalue weighted by atomic mass is 9.90. The zero-order chi connectivity index (χ0) is 13.6. The molecule has 1 aromatic carbocycles. The first-order chi connectivity index (χ1) is 9.14. The van der Waals surface area contributed by atoms with Crippen LogP contribution in [0.4, 0.5) is 0 Å². The van der Waals surface area contributed by atoms with Crippen LogP contribution in [-0.4, -0.2) is 32.1 Å². The first-order valence-corrected chi connectivity index (χ1v) is 6.08.